The van der Waals surface area contributed by atoms with Crippen LogP contribution in [0.15, 0.2) is 12.3 Å². The first-order valence-corrected chi connectivity index (χ1v) is 4.59. The molecule has 1 heterocycles. The average molecular weight is 225 g/mol. The Bertz CT molecular complexity index is 419. The molecule has 0 aliphatic heterocycles. The van der Waals surface area contributed by atoms with Gasteiger partial charge in [0.1, 0.15) is 12.0 Å². The first kappa shape index (κ1) is 11.9. The van der Waals surface area contributed by atoms with Crippen LogP contribution in [0.25, 0.3) is 0 Å². The smallest absolute Gasteiger partial charge is 0.329 e. The summed E-state index contributed by atoms with van der Waals surface area (Å²) in [5.74, 6) is 0.0107. The van der Waals surface area contributed by atoms with Gasteiger partial charge in [-0.05, 0) is 6.92 Å². The molecule has 7 heteroatoms. The summed E-state index contributed by atoms with van der Waals surface area (Å²) in [6.45, 7) is 3.33. The van der Waals surface area contributed by atoms with Crippen LogP contribution in [0.5, 0.6) is 5.75 Å². The highest BCUT2D eigenvalue weighted by molar-refractivity contribution is 5.87. The van der Waals surface area contributed by atoms with Crippen molar-refractivity contribution in [2.75, 3.05) is 11.9 Å². The van der Waals surface area contributed by atoms with Gasteiger partial charge in [-0.1, -0.05) is 0 Å². The largest absolute Gasteiger partial charge is 0.487 e. The van der Waals surface area contributed by atoms with Crippen LogP contribution in [0.2, 0.25) is 0 Å². The van der Waals surface area contributed by atoms with Crippen LogP contribution in [0.4, 0.5) is 11.5 Å². The zero-order valence-corrected chi connectivity index (χ0v) is 8.89. The number of rotatable bonds is 4. The van der Waals surface area contributed by atoms with Gasteiger partial charge in [-0.15, -0.1) is 0 Å². The van der Waals surface area contributed by atoms with E-state index in [2.05, 4.69) is 10.3 Å². The van der Waals surface area contributed by atoms with Crippen molar-refractivity contribution >= 4 is 17.4 Å². The molecule has 0 aliphatic rings. The molecule has 0 unspecified atom stereocenters. The molecule has 0 fully saturated rings. The minimum atomic E-state index is -0.588. The van der Waals surface area contributed by atoms with Crippen molar-refractivity contribution in [3.63, 3.8) is 0 Å². The molecule has 1 aromatic rings. The summed E-state index contributed by atoms with van der Waals surface area (Å²) >= 11 is 0. The zero-order valence-electron chi connectivity index (χ0n) is 8.89. The molecule has 1 aromatic heterocycles. The third-order valence-electron chi connectivity index (χ3n) is 1.65. The van der Waals surface area contributed by atoms with E-state index in [1.807, 2.05) is 0 Å². The lowest BCUT2D eigenvalue weighted by atomic mass is 10.3. The quantitative estimate of drug-likeness (QED) is 0.616. The minimum Gasteiger partial charge on any atom is -0.487 e. The summed E-state index contributed by atoms with van der Waals surface area (Å²) in [6, 6.07) is 1.32. The molecule has 0 atom stereocenters. The van der Waals surface area contributed by atoms with Gasteiger partial charge in [0.05, 0.1) is 11.5 Å². The van der Waals surface area contributed by atoms with E-state index in [1.165, 1.54) is 13.0 Å². The molecule has 0 spiro atoms. The van der Waals surface area contributed by atoms with E-state index >= 15 is 0 Å². The van der Waals surface area contributed by atoms with E-state index < -0.39 is 4.92 Å². The maximum absolute atomic E-state index is 10.8. The summed E-state index contributed by atoms with van der Waals surface area (Å²) in [4.78, 5) is 24.5. The van der Waals surface area contributed by atoms with Crippen LogP contribution in [-0.2, 0) is 4.79 Å². The van der Waals surface area contributed by atoms with Crippen LogP contribution in [0, 0.1) is 10.1 Å². The average Bonchev–Trinajstić information content (AvgIpc) is 2.17. The number of carbonyl (C=O) groups excluding carboxylic acids is 1. The van der Waals surface area contributed by atoms with Crippen LogP contribution >= 0.6 is 0 Å². The first-order chi connectivity index (χ1) is 7.54. The van der Waals surface area contributed by atoms with E-state index in [-0.39, 0.29) is 23.2 Å². The zero-order chi connectivity index (χ0) is 12.1. The lowest BCUT2D eigenvalue weighted by molar-refractivity contribution is -0.386. The molecular weight excluding hydrogens is 214 g/mol. The second kappa shape index (κ2) is 5.06. The Morgan fingerprint density at radius 3 is 2.88 bits per heavy atom. The van der Waals surface area contributed by atoms with Crippen molar-refractivity contribution in [2.45, 2.75) is 13.8 Å². The fraction of sp³-hybridized carbons (Fsp3) is 0.333. The standard InChI is InChI=1S/C9H11N3O4/c1-3-16-8-4-9(11-6(2)13)10-5-7(8)12(14)15/h4-5H,3H2,1-2H3,(H,10,11,13). The molecular formula is C9H11N3O4. The number of aromatic nitrogens is 1. The van der Waals surface area contributed by atoms with E-state index in [0.29, 0.717) is 6.61 Å². The Morgan fingerprint density at radius 1 is 1.69 bits per heavy atom. The summed E-state index contributed by atoms with van der Waals surface area (Å²) in [7, 11) is 0. The van der Waals surface area contributed by atoms with Crippen molar-refractivity contribution in [1.82, 2.24) is 4.98 Å². The molecule has 1 amide bonds. The Hall–Kier alpha value is -2.18. The summed E-state index contributed by atoms with van der Waals surface area (Å²) in [5.41, 5.74) is -0.226. The summed E-state index contributed by atoms with van der Waals surface area (Å²) < 4.78 is 5.09. The second-order valence-corrected chi connectivity index (χ2v) is 2.91. The number of amides is 1. The molecule has 16 heavy (non-hydrogen) atoms. The maximum atomic E-state index is 10.8. The fourth-order valence-electron chi connectivity index (χ4n) is 1.09. The van der Waals surface area contributed by atoms with Crippen LogP contribution in [0.1, 0.15) is 13.8 Å². The lowest BCUT2D eigenvalue weighted by Crippen LogP contribution is -2.08. The van der Waals surface area contributed by atoms with Crippen molar-refractivity contribution in [1.29, 1.82) is 0 Å². The number of carbonyl (C=O) groups is 1. The molecule has 1 N–H and O–H groups in total. The maximum Gasteiger partial charge on any atom is 0.329 e. The molecule has 1 rings (SSSR count). The summed E-state index contributed by atoms with van der Waals surface area (Å²) in [6.07, 6.45) is 1.05. The normalized spacial score (nSPS) is 9.62. The number of nitrogens with one attached hydrogen (secondary N) is 1. The highest BCUT2D eigenvalue weighted by Gasteiger charge is 2.16. The van der Waals surface area contributed by atoms with Gasteiger partial charge in [-0.2, -0.15) is 0 Å². The van der Waals surface area contributed by atoms with Gasteiger partial charge < -0.3 is 10.1 Å². The highest BCUT2D eigenvalue weighted by atomic mass is 16.6. The molecule has 0 saturated carbocycles. The molecule has 0 aliphatic carbocycles. The fourth-order valence-corrected chi connectivity index (χ4v) is 1.09. The number of hydrogen-bond donors (Lipinski definition) is 1. The Morgan fingerprint density at radius 2 is 2.38 bits per heavy atom. The predicted molar refractivity (Wildman–Crippen MR) is 56.4 cm³/mol. The SMILES string of the molecule is CCOc1cc(NC(C)=O)ncc1[N+](=O)[O-]. The highest BCUT2D eigenvalue weighted by Crippen LogP contribution is 2.27. The first-order valence-electron chi connectivity index (χ1n) is 4.59. The number of pyridine rings is 1. The number of anilines is 1. The second-order valence-electron chi connectivity index (χ2n) is 2.91. The molecule has 0 saturated heterocycles. The molecule has 86 valence electrons. The lowest BCUT2D eigenvalue weighted by Gasteiger charge is -2.06. The topological polar surface area (TPSA) is 94.4 Å². The molecule has 0 radical (unpaired) electrons. The number of nitrogens with zero attached hydrogens (tertiary/aromatic N) is 2. The van der Waals surface area contributed by atoms with Gasteiger partial charge in [0, 0.05) is 13.0 Å². The van der Waals surface area contributed by atoms with Gasteiger partial charge in [0.15, 0.2) is 0 Å². The molecule has 7 nitrogen and oxygen atoms in total. The van der Waals surface area contributed by atoms with Gasteiger partial charge in [0.25, 0.3) is 0 Å². The van der Waals surface area contributed by atoms with Crippen molar-refractivity contribution < 1.29 is 14.5 Å². The summed E-state index contributed by atoms with van der Waals surface area (Å²) in [5, 5.41) is 13.0. The Labute approximate surface area is 91.6 Å². The number of hydrogen-bond acceptors (Lipinski definition) is 5. The Balaban J connectivity index is 3.06. The predicted octanol–water partition coefficient (Wildman–Crippen LogP) is 1.35. The van der Waals surface area contributed by atoms with Crippen molar-refractivity contribution in [2.24, 2.45) is 0 Å². The van der Waals surface area contributed by atoms with Crippen LogP contribution in [-0.4, -0.2) is 22.4 Å². The molecule has 0 aromatic carbocycles. The molecule has 0 bridgehead atoms. The van der Waals surface area contributed by atoms with E-state index in [0.717, 1.165) is 6.20 Å². The van der Waals surface area contributed by atoms with Gasteiger partial charge in [-0.25, -0.2) is 4.98 Å². The van der Waals surface area contributed by atoms with Crippen LogP contribution < -0.4 is 10.1 Å². The number of nitro groups is 1. The Kier molecular flexibility index (Phi) is 3.76. The van der Waals surface area contributed by atoms with E-state index in [1.54, 1.807) is 6.92 Å². The minimum absolute atomic E-state index is 0.0891. The van der Waals surface area contributed by atoms with Crippen molar-refractivity contribution in [3.8, 4) is 5.75 Å². The number of ether oxygens (including phenoxy) is 1. The monoisotopic (exact) mass is 225 g/mol. The third-order valence-corrected chi connectivity index (χ3v) is 1.65. The van der Waals surface area contributed by atoms with Gasteiger partial charge >= 0.3 is 5.69 Å². The van der Waals surface area contributed by atoms with Crippen LogP contribution in [0.3, 0.4) is 0 Å². The van der Waals surface area contributed by atoms with Gasteiger partial charge in [0.2, 0.25) is 11.7 Å². The van der Waals surface area contributed by atoms with Gasteiger partial charge in [-0.3, -0.25) is 14.9 Å². The van der Waals surface area contributed by atoms with Crippen molar-refractivity contribution in [3.05, 3.63) is 22.4 Å². The third kappa shape index (κ3) is 2.91. The van der Waals surface area contributed by atoms with E-state index in [4.69, 9.17) is 4.74 Å². The van der Waals surface area contributed by atoms with E-state index in [9.17, 15) is 14.9 Å².